The number of likely N-dealkylation sites (N-methyl/N-ethyl adjacent to an activating group) is 1. The third-order valence-electron chi connectivity index (χ3n) is 3.77. The molecular formula is C18H17Cl3N2O3. The second-order valence-electron chi connectivity index (χ2n) is 5.99. The highest BCUT2D eigenvalue weighted by Crippen LogP contribution is 2.34. The molecule has 0 aromatic heterocycles. The summed E-state index contributed by atoms with van der Waals surface area (Å²) in [4.78, 5) is 14.1. The van der Waals surface area contributed by atoms with Gasteiger partial charge in [0.25, 0.3) is 0 Å². The number of carbonyl (C=O) groups is 1. The zero-order valence-corrected chi connectivity index (χ0v) is 16.2. The third-order valence-corrected chi connectivity index (χ3v) is 4.58. The summed E-state index contributed by atoms with van der Waals surface area (Å²) in [5.41, 5.74) is 0.349. The van der Waals surface area contributed by atoms with Gasteiger partial charge in [0, 0.05) is 11.6 Å². The standard InChI is InChI=1S/C18H17Cl3N2O3/c1-23(8-12-10-25-15-4-2-3-5-16(15)26-12)9-17(24)22-18-13(20)6-11(19)7-14(18)21/h2-7,12H,8-10H2,1H3,(H,22,24). The first-order valence-electron chi connectivity index (χ1n) is 7.94. The van der Waals surface area contributed by atoms with Gasteiger partial charge < -0.3 is 14.8 Å². The van der Waals surface area contributed by atoms with Gasteiger partial charge in [-0.25, -0.2) is 0 Å². The molecule has 1 atom stereocenters. The van der Waals surface area contributed by atoms with Crippen LogP contribution in [0, 0.1) is 0 Å². The molecule has 2 aromatic rings. The zero-order valence-electron chi connectivity index (χ0n) is 14.0. The van der Waals surface area contributed by atoms with Crippen molar-refractivity contribution >= 4 is 46.4 Å². The SMILES string of the molecule is CN(CC(=O)Nc1c(Cl)cc(Cl)cc1Cl)CC1COc2ccccc2O1. The molecule has 5 nitrogen and oxygen atoms in total. The molecule has 0 radical (unpaired) electrons. The van der Waals surface area contributed by atoms with Gasteiger partial charge in [-0.2, -0.15) is 0 Å². The van der Waals surface area contributed by atoms with Crippen LogP contribution in [-0.4, -0.2) is 43.7 Å². The topological polar surface area (TPSA) is 50.8 Å². The highest BCUT2D eigenvalue weighted by Gasteiger charge is 2.23. The van der Waals surface area contributed by atoms with Crippen molar-refractivity contribution in [2.75, 3.05) is 32.1 Å². The number of rotatable bonds is 5. The van der Waals surface area contributed by atoms with E-state index in [4.69, 9.17) is 44.3 Å². The summed E-state index contributed by atoms with van der Waals surface area (Å²) < 4.78 is 11.6. The van der Waals surface area contributed by atoms with Crippen LogP contribution < -0.4 is 14.8 Å². The molecule has 0 saturated heterocycles. The monoisotopic (exact) mass is 414 g/mol. The molecule has 1 N–H and O–H groups in total. The van der Waals surface area contributed by atoms with E-state index in [0.29, 0.717) is 39.7 Å². The Morgan fingerprint density at radius 3 is 2.54 bits per heavy atom. The fourth-order valence-corrected chi connectivity index (χ4v) is 3.56. The van der Waals surface area contributed by atoms with Crippen LogP contribution in [0.5, 0.6) is 11.5 Å². The number of hydrogen-bond acceptors (Lipinski definition) is 4. The predicted molar refractivity (Wildman–Crippen MR) is 104 cm³/mol. The Bertz CT molecular complexity index is 793. The van der Waals surface area contributed by atoms with Crippen LogP contribution in [0.25, 0.3) is 0 Å². The van der Waals surface area contributed by atoms with Crippen LogP contribution in [0.3, 0.4) is 0 Å². The van der Waals surface area contributed by atoms with Crippen molar-refractivity contribution in [3.05, 3.63) is 51.5 Å². The highest BCUT2D eigenvalue weighted by molar-refractivity contribution is 6.42. The molecule has 1 amide bonds. The Balaban J connectivity index is 1.54. The van der Waals surface area contributed by atoms with Gasteiger partial charge in [-0.3, -0.25) is 9.69 Å². The summed E-state index contributed by atoms with van der Waals surface area (Å²) in [7, 11) is 1.83. The van der Waals surface area contributed by atoms with Gasteiger partial charge in [-0.05, 0) is 31.3 Å². The summed E-state index contributed by atoms with van der Waals surface area (Å²) in [6.07, 6.45) is -0.162. The van der Waals surface area contributed by atoms with Gasteiger partial charge in [-0.1, -0.05) is 46.9 Å². The van der Waals surface area contributed by atoms with Crippen LogP contribution in [0.1, 0.15) is 0 Å². The van der Waals surface area contributed by atoms with E-state index in [0.717, 1.165) is 5.75 Å². The smallest absolute Gasteiger partial charge is 0.238 e. The molecule has 0 bridgehead atoms. The van der Waals surface area contributed by atoms with Crippen molar-refractivity contribution in [3.63, 3.8) is 0 Å². The summed E-state index contributed by atoms with van der Waals surface area (Å²) in [5.74, 6) is 1.20. The second kappa shape index (κ2) is 8.35. The Morgan fingerprint density at radius 1 is 1.19 bits per heavy atom. The largest absolute Gasteiger partial charge is 0.486 e. The molecule has 2 aromatic carbocycles. The highest BCUT2D eigenvalue weighted by atomic mass is 35.5. The van der Waals surface area contributed by atoms with E-state index in [1.807, 2.05) is 36.2 Å². The first-order valence-corrected chi connectivity index (χ1v) is 9.07. The minimum absolute atomic E-state index is 0.150. The molecule has 1 unspecified atom stereocenters. The number of nitrogens with zero attached hydrogens (tertiary/aromatic N) is 1. The second-order valence-corrected chi connectivity index (χ2v) is 7.24. The molecule has 0 saturated carbocycles. The molecule has 0 spiro atoms. The number of halogens is 3. The van der Waals surface area contributed by atoms with Crippen molar-refractivity contribution in [2.45, 2.75) is 6.10 Å². The average molecular weight is 416 g/mol. The maximum Gasteiger partial charge on any atom is 0.238 e. The molecule has 3 rings (SSSR count). The van der Waals surface area contributed by atoms with Gasteiger partial charge in [0.05, 0.1) is 22.3 Å². The van der Waals surface area contributed by atoms with Crippen LogP contribution in [-0.2, 0) is 4.79 Å². The number of anilines is 1. The minimum atomic E-state index is -0.240. The van der Waals surface area contributed by atoms with Crippen molar-refractivity contribution in [3.8, 4) is 11.5 Å². The van der Waals surface area contributed by atoms with E-state index in [-0.39, 0.29) is 18.6 Å². The Labute approximate surface area is 166 Å². The molecule has 0 fully saturated rings. The molecule has 1 aliphatic heterocycles. The number of benzene rings is 2. The maximum atomic E-state index is 12.3. The third kappa shape index (κ3) is 4.74. The lowest BCUT2D eigenvalue weighted by Gasteiger charge is -2.29. The summed E-state index contributed by atoms with van der Waals surface area (Å²) in [6.45, 7) is 1.11. The first-order chi connectivity index (χ1) is 12.4. The van der Waals surface area contributed by atoms with Crippen LogP contribution in [0.2, 0.25) is 15.1 Å². The number of para-hydroxylation sites is 2. The van der Waals surface area contributed by atoms with Crippen molar-refractivity contribution in [2.24, 2.45) is 0 Å². The summed E-state index contributed by atoms with van der Waals surface area (Å²) in [5, 5.41) is 3.70. The number of hydrogen-bond donors (Lipinski definition) is 1. The number of carbonyl (C=O) groups excluding carboxylic acids is 1. The normalized spacial score (nSPS) is 15.8. The van der Waals surface area contributed by atoms with E-state index >= 15 is 0 Å². The Hall–Kier alpha value is -1.66. The van der Waals surface area contributed by atoms with E-state index in [2.05, 4.69) is 5.32 Å². The van der Waals surface area contributed by atoms with Gasteiger partial charge in [0.2, 0.25) is 5.91 Å². The number of nitrogens with one attached hydrogen (secondary N) is 1. The minimum Gasteiger partial charge on any atom is -0.486 e. The van der Waals surface area contributed by atoms with E-state index in [1.165, 1.54) is 12.1 Å². The van der Waals surface area contributed by atoms with E-state index in [1.54, 1.807) is 0 Å². The van der Waals surface area contributed by atoms with Crippen LogP contribution >= 0.6 is 34.8 Å². The number of amides is 1. The van der Waals surface area contributed by atoms with Crippen LogP contribution in [0.15, 0.2) is 36.4 Å². The van der Waals surface area contributed by atoms with Crippen molar-refractivity contribution in [1.82, 2.24) is 4.90 Å². The van der Waals surface area contributed by atoms with E-state index < -0.39 is 0 Å². The summed E-state index contributed by atoms with van der Waals surface area (Å²) >= 11 is 18.0. The molecule has 26 heavy (non-hydrogen) atoms. The Morgan fingerprint density at radius 2 is 1.85 bits per heavy atom. The Kier molecular flexibility index (Phi) is 6.14. The first kappa shape index (κ1) is 19.1. The summed E-state index contributed by atoms with van der Waals surface area (Å²) in [6, 6.07) is 10.6. The fourth-order valence-electron chi connectivity index (χ4n) is 2.65. The maximum absolute atomic E-state index is 12.3. The molecule has 138 valence electrons. The lowest BCUT2D eigenvalue weighted by atomic mass is 10.2. The van der Waals surface area contributed by atoms with Gasteiger partial charge >= 0.3 is 0 Å². The zero-order chi connectivity index (χ0) is 18.7. The number of ether oxygens (including phenoxy) is 2. The van der Waals surface area contributed by atoms with Gasteiger partial charge in [0.15, 0.2) is 11.5 Å². The van der Waals surface area contributed by atoms with Crippen LogP contribution in [0.4, 0.5) is 5.69 Å². The molecule has 1 heterocycles. The fraction of sp³-hybridized carbons (Fsp3) is 0.278. The lowest BCUT2D eigenvalue weighted by molar-refractivity contribution is -0.117. The van der Waals surface area contributed by atoms with E-state index in [9.17, 15) is 4.79 Å². The average Bonchev–Trinajstić information content (AvgIpc) is 2.58. The van der Waals surface area contributed by atoms with Crippen molar-refractivity contribution < 1.29 is 14.3 Å². The van der Waals surface area contributed by atoms with Gasteiger partial charge in [-0.15, -0.1) is 0 Å². The molecular weight excluding hydrogens is 399 g/mol. The van der Waals surface area contributed by atoms with Gasteiger partial charge in [0.1, 0.15) is 12.7 Å². The van der Waals surface area contributed by atoms with Crippen molar-refractivity contribution in [1.29, 1.82) is 0 Å². The molecule has 1 aliphatic rings. The predicted octanol–water partition coefficient (Wildman–Crippen LogP) is 4.36. The lowest BCUT2D eigenvalue weighted by Crippen LogP contribution is -2.42. The molecule has 8 heteroatoms. The molecule has 0 aliphatic carbocycles. The number of fused-ring (bicyclic) bond motifs is 1. The quantitative estimate of drug-likeness (QED) is 0.788.